The lowest BCUT2D eigenvalue weighted by atomic mass is 10.0. The Balaban J connectivity index is 1.17. The van der Waals surface area contributed by atoms with Gasteiger partial charge in [-0.15, -0.1) is 5.10 Å². The molecule has 0 bridgehead atoms. The molecule has 9 nitrogen and oxygen atoms in total. The van der Waals surface area contributed by atoms with Gasteiger partial charge in [-0.2, -0.15) is 0 Å². The maximum absolute atomic E-state index is 12.9. The third-order valence-electron chi connectivity index (χ3n) is 6.85. The van der Waals surface area contributed by atoms with E-state index in [4.69, 9.17) is 9.26 Å². The molecule has 0 saturated heterocycles. The van der Waals surface area contributed by atoms with E-state index >= 15 is 0 Å². The van der Waals surface area contributed by atoms with Crippen LogP contribution >= 0.6 is 0 Å². The fourth-order valence-corrected chi connectivity index (χ4v) is 5.49. The molecule has 1 atom stereocenters. The number of anilines is 1. The van der Waals surface area contributed by atoms with Gasteiger partial charge in [-0.3, -0.25) is 4.79 Å². The average molecular weight is 540 g/mol. The van der Waals surface area contributed by atoms with E-state index in [1.807, 2.05) is 36.4 Å². The standard InChI is InChI=1S/C29H29N5O4Si/c1-39(2,3)37-17-22-15-20-14-19-10-13-25(23(19)16-24(20)28(35)31-22)30-21-11-8-18(9-12-21)29(36)38-34-27-7-5-4-6-26(27)32-33-34/h4-9,11-12,14-16,25,30H,10,13,17H2,1-3H3,(H,31,35)/t25-/m0/s1. The van der Waals surface area contributed by atoms with Crippen molar-refractivity contribution in [2.24, 2.45) is 0 Å². The Kier molecular flexibility index (Phi) is 6.28. The Morgan fingerprint density at radius 3 is 2.69 bits per heavy atom. The zero-order chi connectivity index (χ0) is 27.1. The van der Waals surface area contributed by atoms with Crippen LogP contribution in [0.25, 0.3) is 21.8 Å². The van der Waals surface area contributed by atoms with Gasteiger partial charge >= 0.3 is 5.97 Å². The molecule has 3 aromatic carbocycles. The molecule has 2 aromatic heterocycles. The largest absolute Gasteiger partial charge is 0.412 e. The van der Waals surface area contributed by atoms with Crippen LogP contribution in [0.4, 0.5) is 5.69 Å². The Morgan fingerprint density at radius 1 is 1.10 bits per heavy atom. The number of carbonyl (C=O) groups is 1. The summed E-state index contributed by atoms with van der Waals surface area (Å²) in [6.45, 7) is 6.81. The van der Waals surface area contributed by atoms with Gasteiger partial charge in [0, 0.05) is 16.8 Å². The number of hydrogen-bond acceptors (Lipinski definition) is 7. The Bertz CT molecular complexity index is 1750. The predicted octanol–water partition coefficient (Wildman–Crippen LogP) is 4.99. The minimum atomic E-state index is -1.69. The number of para-hydroxylation sites is 1. The summed E-state index contributed by atoms with van der Waals surface area (Å²) in [7, 11) is -1.69. The summed E-state index contributed by atoms with van der Waals surface area (Å²) in [5.74, 6) is -0.524. The molecule has 1 aliphatic rings. The van der Waals surface area contributed by atoms with Crippen LogP contribution in [-0.4, -0.2) is 34.4 Å². The summed E-state index contributed by atoms with van der Waals surface area (Å²) in [5, 5.41) is 13.1. The molecule has 2 N–H and O–H groups in total. The maximum atomic E-state index is 12.9. The van der Waals surface area contributed by atoms with Crippen LogP contribution in [0.15, 0.2) is 71.5 Å². The summed E-state index contributed by atoms with van der Waals surface area (Å²) in [5.41, 5.74) is 5.61. The highest BCUT2D eigenvalue weighted by Gasteiger charge is 2.24. The van der Waals surface area contributed by atoms with E-state index in [2.05, 4.69) is 46.3 Å². The number of aryl methyl sites for hydroxylation is 1. The summed E-state index contributed by atoms with van der Waals surface area (Å²) in [6.07, 6.45) is 1.84. The van der Waals surface area contributed by atoms with Crippen LogP contribution in [0.3, 0.4) is 0 Å². The summed E-state index contributed by atoms with van der Waals surface area (Å²) >= 11 is 0. The second-order valence-corrected chi connectivity index (χ2v) is 15.3. The number of aromatic amines is 1. The predicted molar refractivity (Wildman–Crippen MR) is 152 cm³/mol. The van der Waals surface area contributed by atoms with E-state index in [0.717, 1.165) is 40.0 Å². The average Bonchev–Trinajstić information content (AvgIpc) is 3.50. The Hall–Kier alpha value is -4.28. The molecule has 6 rings (SSSR count). The highest BCUT2D eigenvalue weighted by Crippen LogP contribution is 2.36. The van der Waals surface area contributed by atoms with Crippen LogP contribution in [0, 0.1) is 0 Å². The van der Waals surface area contributed by atoms with E-state index in [1.54, 1.807) is 24.3 Å². The Morgan fingerprint density at radius 2 is 1.90 bits per heavy atom. The first kappa shape index (κ1) is 25.0. The van der Waals surface area contributed by atoms with E-state index in [1.165, 1.54) is 5.56 Å². The quantitative estimate of drug-likeness (QED) is 0.221. The van der Waals surface area contributed by atoms with Crippen molar-refractivity contribution in [1.82, 2.24) is 20.1 Å². The van der Waals surface area contributed by atoms with E-state index < -0.39 is 14.3 Å². The van der Waals surface area contributed by atoms with Crippen LogP contribution in [0.2, 0.25) is 19.6 Å². The monoisotopic (exact) mass is 539 g/mol. The molecule has 0 fully saturated rings. The number of fused-ring (bicyclic) bond motifs is 3. The third kappa shape index (κ3) is 5.21. The molecule has 0 aliphatic heterocycles. The number of nitrogens with zero attached hydrogens (tertiary/aromatic N) is 3. The van der Waals surface area contributed by atoms with Gasteiger partial charge in [0.2, 0.25) is 0 Å². The zero-order valence-corrected chi connectivity index (χ0v) is 23.0. The van der Waals surface area contributed by atoms with Crippen molar-refractivity contribution in [3.05, 3.63) is 99.5 Å². The molecule has 0 radical (unpaired) electrons. The van der Waals surface area contributed by atoms with Crippen LogP contribution in [0.5, 0.6) is 0 Å². The lowest BCUT2D eigenvalue weighted by Gasteiger charge is -2.18. The first-order chi connectivity index (χ1) is 18.7. The Labute approximate surface area is 225 Å². The molecule has 0 unspecified atom stereocenters. The van der Waals surface area contributed by atoms with Gasteiger partial charge in [0.1, 0.15) is 11.0 Å². The van der Waals surface area contributed by atoms with Crippen LogP contribution < -0.4 is 15.7 Å². The summed E-state index contributed by atoms with van der Waals surface area (Å²) < 4.78 is 5.98. The highest BCUT2D eigenvalue weighted by molar-refractivity contribution is 6.69. The van der Waals surface area contributed by atoms with E-state index in [-0.39, 0.29) is 11.6 Å². The van der Waals surface area contributed by atoms with Gasteiger partial charge in [-0.25, -0.2) is 4.79 Å². The fraction of sp³-hybridized carbons (Fsp3) is 0.241. The number of hydrogen-bond donors (Lipinski definition) is 2. The van der Waals surface area contributed by atoms with E-state index in [0.29, 0.717) is 28.6 Å². The lowest BCUT2D eigenvalue weighted by molar-refractivity contribution is 0.0409. The summed E-state index contributed by atoms with van der Waals surface area (Å²) in [4.78, 5) is 35.1. The van der Waals surface area contributed by atoms with Crippen molar-refractivity contribution in [1.29, 1.82) is 0 Å². The van der Waals surface area contributed by atoms with Gasteiger partial charge in [0.15, 0.2) is 8.32 Å². The molecular weight excluding hydrogens is 510 g/mol. The highest BCUT2D eigenvalue weighted by atomic mass is 28.4. The smallest absolute Gasteiger partial charge is 0.365 e. The number of nitrogens with one attached hydrogen (secondary N) is 2. The van der Waals surface area contributed by atoms with Gasteiger partial charge < -0.3 is 19.6 Å². The number of rotatable bonds is 7. The molecule has 2 heterocycles. The molecule has 5 aromatic rings. The van der Waals surface area contributed by atoms with Crippen LogP contribution in [-0.2, 0) is 17.5 Å². The van der Waals surface area contributed by atoms with Crippen LogP contribution in [0.1, 0.15) is 39.6 Å². The van der Waals surface area contributed by atoms with Gasteiger partial charge in [0.05, 0.1) is 18.2 Å². The first-order valence-corrected chi connectivity index (χ1v) is 16.4. The summed E-state index contributed by atoms with van der Waals surface area (Å²) in [6, 6.07) is 20.6. The molecule has 198 valence electrons. The lowest BCUT2D eigenvalue weighted by Crippen LogP contribution is -2.25. The molecule has 1 aliphatic carbocycles. The van der Waals surface area contributed by atoms with Crippen molar-refractivity contribution < 1.29 is 14.1 Å². The van der Waals surface area contributed by atoms with Gasteiger partial charge in [-0.1, -0.05) is 23.0 Å². The SMILES string of the molecule is C[Si](C)(C)OCc1cc2cc3c(cc2c(=O)[nH]1)[C@@H](Nc1ccc(C(=O)On2nnc4ccccc42)cc1)CC3. The second kappa shape index (κ2) is 9.79. The third-order valence-corrected chi connectivity index (χ3v) is 7.86. The molecule has 10 heteroatoms. The fourth-order valence-electron chi connectivity index (χ4n) is 4.90. The van der Waals surface area contributed by atoms with Crippen molar-refractivity contribution in [2.75, 3.05) is 5.32 Å². The van der Waals surface area contributed by atoms with Crippen molar-refractivity contribution in [3.63, 3.8) is 0 Å². The minimum absolute atomic E-state index is 0.0676. The maximum Gasteiger partial charge on any atom is 0.365 e. The van der Waals surface area contributed by atoms with Gasteiger partial charge in [0.25, 0.3) is 5.56 Å². The van der Waals surface area contributed by atoms with Crippen molar-refractivity contribution in [2.45, 2.75) is 45.1 Å². The topological polar surface area (TPSA) is 111 Å². The van der Waals surface area contributed by atoms with Crippen molar-refractivity contribution in [3.8, 4) is 0 Å². The van der Waals surface area contributed by atoms with Crippen molar-refractivity contribution >= 4 is 41.8 Å². The molecule has 0 amide bonds. The second-order valence-electron chi connectivity index (χ2n) is 10.8. The minimum Gasteiger partial charge on any atom is -0.412 e. The zero-order valence-electron chi connectivity index (χ0n) is 22.0. The number of pyridine rings is 1. The van der Waals surface area contributed by atoms with E-state index in [9.17, 15) is 9.59 Å². The first-order valence-electron chi connectivity index (χ1n) is 13.0. The number of aromatic nitrogens is 4. The number of H-pyrrole nitrogens is 1. The molecule has 0 spiro atoms. The number of carbonyl (C=O) groups excluding carboxylic acids is 1. The van der Waals surface area contributed by atoms with Gasteiger partial charge in [-0.05, 0) is 103 Å². The number of benzene rings is 3. The normalized spacial score (nSPS) is 15.0. The molecule has 0 saturated carbocycles. The molecule has 39 heavy (non-hydrogen) atoms. The molecular formula is C29H29N5O4Si.